The zero-order chi connectivity index (χ0) is 19.2. The largest absolute Gasteiger partial charge is 0.489 e. The average molecular weight is 395 g/mol. The molecule has 0 aliphatic carbocycles. The Morgan fingerprint density at radius 3 is 2.56 bits per heavy atom. The van der Waals surface area contributed by atoms with E-state index >= 15 is 0 Å². The summed E-state index contributed by atoms with van der Waals surface area (Å²) in [7, 11) is 1.74. The van der Waals surface area contributed by atoms with Crippen molar-refractivity contribution < 1.29 is 14.3 Å². The summed E-state index contributed by atoms with van der Waals surface area (Å²) in [6.45, 7) is 6.55. The molecule has 0 spiro atoms. The van der Waals surface area contributed by atoms with E-state index < -0.39 is 0 Å². The van der Waals surface area contributed by atoms with Crippen LogP contribution in [0.2, 0.25) is 5.02 Å². The SMILES string of the molecule is COC[C@@H](C)N1CCC(Oc2cc(Cl)ccc2C(=O)N2CCCCC2)CC1. The smallest absolute Gasteiger partial charge is 0.257 e. The van der Waals surface area contributed by atoms with Gasteiger partial charge in [0, 0.05) is 44.4 Å². The number of rotatable bonds is 6. The van der Waals surface area contributed by atoms with Gasteiger partial charge in [-0.15, -0.1) is 0 Å². The van der Waals surface area contributed by atoms with Gasteiger partial charge in [-0.05, 0) is 57.2 Å². The molecule has 1 atom stereocenters. The second-order valence-corrected chi connectivity index (χ2v) is 8.09. The molecule has 2 aliphatic rings. The second-order valence-electron chi connectivity index (χ2n) is 7.65. The third-order valence-electron chi connectivity index (χ3n) is 5.62. The van der Waals surface area contributed by atoms with E-state index in [0.29, 0.717) is 22.4 Å². The highest BCUT2D eigenvalue weighted by Gasteiger charge is 2.26. The van der Waals surface area contributed by atoms with E-state index in [9.17, 15) is 4.79 Å². The van der Waals surface area contributed by atoms with Crippen LogP contribution in [-0.2, 0) is 4.74 Å². The van der Waals surface area contributed by atoms with Gasteiger partial charge in [-0.25, -0.2) is 0 Å². The van der Waals surface area contributed by atoms with Crippen molar-refractivity contribution in [2.45, 2.75) is 51.2 Å². The molecule has 0 saturated carbocycles. The van der Waals surface area contributed by atoms with Crippen LogP contribution in [-0.4, -0.2) is 67.7 Å². The highest BCUT2D eigenvalue weighted by Crippen LogP contribution is 2.29. The molecule has 27 heavy (non-hydrogen) atoms. The van der Waals surface area contributed by atoms with Crippen molar-refractivity contribution >= 4 is 17.5 Å². The number of benzene rings is 1. The van der Waals surface area contributed by atoms with Crippen LogP contribution >= 0.6 is 11.6 Å². The summed E-state index contributed by atoms with van der Waals surface area (Å²) in [5.41, 5.74) is 0.636. The number of nitrogens with zero attached hydrogens (tertiary/aromatic N) is 2. The van der Waals surface area contributed by atoms with Gasteiger partial charge in [0.15, 0.2) is 0 Å². The minimum atomic E-state index is 0.0625. The standard InChI is InChI=1S/C21H31ClN2O3/c1-16(15-26-2)23-12-8-18(9-13-23)27-20-14-17(22)6-7-19(20)21(25)24-10-4-3-5-11-24/h6-7,14,16,18H,3-5,8-13,15H2,1-2H3/t16-/m1/s1. The van der Waals surface area contributed by atoms with E-state index in [4.69, 9.17) is 21.1 Å². The van der Waals surface area contributed by atoms with Crippen molar-refractivity contribution in [1.29, 1.82) is 0 Å². The molecule has 2 aliphatic heterocycles. The molecular formula is C21H31ClN2O3. The van der Waals surface area contributed by atoms with Gasteiger partial charge in [0.25, 0.3) is 5.91 Å². The summed E-state index contributed by atoms with van der Waals surface area (Å²) >= 11 is 6.20. The van der Waals surface area contributed by atoms with Gasteiger partial charge < -0.3 is 14.4 Å². The van der Waals surface area contributed by atoms with E-state index in [1.807, 2.05) is 11.0 Å². The minimum Gasteiger partial charge on any atom is -0.489 e. The molecule has 0 bridgehead atoms. The van der Waals surface area contributed by atoms with Crippen LogP contribution in [0.3, 0.4) is 0 Å². The van der Waals surface area contributed by atoms with Crippen LogP contribution < -0.4 is 4.74 Å². The quantitative estimate of drug-likeness (QED) is 0.735. The Morgan fingerprint density at radius 2 is 1.89 bits per heavy atom. The summed E-state index contributed by atoms with van der Waals surface area (Å²) in [5, 5.41) is 0.603. The van der Waals surface area contributed by atoms with Crippen LogP contribution in [0, 0.1) is 0 Å². The molecule has 0 unspecified atom stereocenters. The zero-order valence-corrected chi connectivity index (χ0v) is 17.2. The summed E-state index contributed by atoms with van der Waals surface area (Å²) in [4.78, 5) is 17.3. The Bertz CT molecular complexity index is 626. The molecule has 150 valence electrons. The number of amides is 1. The molecule has 1 aromatic rings. The van der Waals surface area contributed by atoms with Gasteiger partial charge in [0.1, 0.15) is 11.9 Å². The Hall–Kier alpha value is -1.30. The van der Waals surface area contributed by atoms with E-state index in [-0.39, 0.29) is 12.0 Å². The molecule has 1 aromatic carbocycles. The highest BCUT2D eigenvalue weighted by atomic mass is 35.5. The third kappa shape index (κ3) is 5.37. The molecule has 3 rings (SSSR count). The van der Waals surface area contributed by atoms with Crippen LogP contribution in [0.25, 0.3) is 0 Å². The predicted octanol–water partition coefficient (Wildman–Crippen LogP) is 3.84. The number of hydrogen-bond donors (Lipinski definition) is 0. The first-order chi connectivity index (χ1) is 13.1. The molecule has 2 fully saturated rings. The number of likely N-dealkylation sites (tertiary alicyclic amines) is 2. The fourth-order valence-corrected chi connectivity index (χ4v) is 4.16. The molecule has 2 heterocycles. The molecule has 5 nitrogen and oxygen atoms in total. The summed E-state index contributed by atoms with van der Waals surface area (Å²) in [6.07, 6.45) is 5.35. The summed E-state index contributed by atoms with van der Waals surface area (Å²) < 4.78 is 11.5. The summed E-state index contributed by atoms with van der Waals surface area (Å²) in [5.74, 6) is 0.689. The monoisotopic (exact) mass is 394 g/mol. The lowest BCUT2D eigenvalue weighted by atomic mass is 10.1. The first kappa shape index (κ1) is 20.4. The number of carbonyl (C=O) groups excluding carboxylic acids is 1. The van der Waals surface area contributed by atoms with Crippen LogP contribution in [0.4, 0.5) is 0 Å². The third-order valence-corrected chi connectivity index (χ3v) is 5.85. The van der Waals surface area contributed by atoms with E-state index in [1.165, 1.54) is 6.42 Å². The van der Waals surface area contributed by atoms with Crippen molar-refractivity contribution in [3.63, 3.8) is 0 Å². The highest BCUT2D eigenvalue weighted by molar-refractivity contribution is 6.30. The topological polar surface area (TPSA) is 42.0 Å². The van der Waals surface area contributed by atoms with Crippen LogP contribution in [0.5, 0.6) is 5.75 Å². The first-order valence-corrected chi connectivity index (χ1v) is 10.4. The Balaban J connectivity index is 1.64. The fraction of sp³-hybridized carbons (Fsp3) is 0.667. The maximum atomic E-state index is 13.0. The van der Waals surface area contributed by atoms with Gasteiger partial charge in [-0.3, -0.25) is 9.69 Å². The van der Waals surface area contributed by atoms with Crippen LogP contribution in [0.15, 0.2) is 18.2 Å². The Kier molecular flexibility index (Phi) is 7.39. The lowest BCUT2D eigenvalue weighted by Gasteiger charge is -2.36. The van der Waals surface area contributed by atoms with E-state index in [1.54, 1.807) is 19.2 Å². The molecule has 0 aromatic heterocycles. The van der Waals surface area contributed by atoms with Gasteiger partial charge in [-0.2, -0.15) is 0 Å². The van der Waals surface area contributed by atoms with Gasteiger partial charge in [-0.1, -0.05) is 11.6 Å². The lowest BCUT2D eigenvalue weighted by Crippen LogP contribution is -2.44. The number of ether oxygens (including phenoxy) is 2. The summed E-state index contributed by atoms with van der Waals surface area (Å²) in [6, 6.07) is 5.79. The van der Waals surface area contributed by atoms with Crippen molar-refractivity contribution in [2.24, 2.45) is 0 Å². The van der Waals surface area contributed by atoms with Gasteiger partial charge in [0.05, 0.1) is 12.2 Å². The maximum absolute atomic E-state index is 13.0. The number of piperidine rings is 2. The van der Waals surface area contributed by atoms with E-state index in [2.05, 4.69) is 11.8 Å². The lowest BCUT2D eigenvalue weighted by molar-refractivity contribution is 0.0465. The van der Waals surface area contributed by atoms with Crippen molar-refractivity contribution in [1.82, 2.24) is 9.80 Å². The first-order valence-electron chi connectivity index (χ1n) is 10.1. The van der Waals surface area contributed by atoms with Crippen molar-refractivity contribution in [3.8, 4) is 5.75 Å². The molecule has 0 radical (unpaired) electrons. The number of halogens is 1. The Labute approximate surface area is 167 Å². The number of methoxy groups -OCH3 is 1. The van der Waals surface area contributed by atoms with Crippen molar-refractivity contribution in [3.05, 3.63) is 28.8 Å². The molecular weight excluding hydrogens is 364 g/mol. The van der Waals surface area contributed by atoms with Crippen LogP contribution in [0.1, 0.15) is 49.4 Å². The minimum absolute atomic E-state index is 0.0625. The molecule has 2 saturated heterocycles. The average Bonchev–Trinajstić information content (AvgIpc) is 2.69. The van der Waals surface area contributed by atoms with Gasteiger partial charge >= 0.3 is 0 Å². The van der Waals surface area contributed by atoms with Crippen molar-refractivity contribution in [2.75, 3.05) is 39.9 Å². The predicted molar refractivity (Wildman–Crippen MR) is 108 cm³/mol. The number of carbonyl (C=O) groups is 1. The number of hydrogen-bond acceptors (Lipinski definition) is 4. The normalized spacial score (nSPS) is 20.5. The molecule has 0 N–H and O–H groups in total. The second kappa shape index (κ2) is 9.76. The molecule has 1 amide bonds. The maximum Gasteiger partial charge on any atom is 0.257 e. The fourth-order valence-electron chi connectivity index (χ4n) is 4.00. The van der Waals surface area contributed by atoms with E-state index in [0.717, 1.165) is 58.5 Å². The molecule has 6 heteroatoms. The Morgan fingerprint density at radius 1 is 1.19 bits per heavy atom. The van der Waals surface area contributed by atoms with Gasteiger partial charge in [0.2, 0.25) is 0 Å². The zero-order valence-electron chi connectivity index (χ0n) is 16.5.